The highest BCUT2D eigenvalue weighted by molar-refractivity contribution is 5.83. The predicted molar refractivity (Wildman–Crippen MR) is 111 cm³/mol. The molecule has 1 aromatic carbocycles. The highest BCUT2D eigenvalue weighted by Gasteiger charge is 2.35. The fourth-order valence-corrected chi connectivity index (χ4v) is 3.65. The fourth-order valence-electron chi connectivity index (χ4n) is 3.65. The van der Waals surface area contributed by atoms with Crippen LogP contribution < -0.4 is 10.1 Å². The van der Waals surface area contributed by atoms with E-state index < -0.39 is 11.7 Å². The molecule has 0 spiro atoms. The number of carbonyl (C=O) groups excluding carboxylic acids is 1. The van der Waals surface area contributed by atoms with E-state index >= 15 is 0 Å². The summed E-state index contributed by atoms with van der Waals surface area (Å²) in [4.78, 5) is 17.5. The van der Waals surface area contributed by atoms with Gasteiger partial charge in [-0.3, -0.25) is 9.69 Å². The number of aryl methyl sites for hydroxylation is 1. The summed E-state index contributed by atoms with van der Waals surface area (Å²) in [5, 5.41) is 19.8. The minimum absolute atomic E-state index is 0.0177. The first-order valence-electron chi connectivity index (χ1n) is 10.2. The number of amides is 1. The molecule has 2 aromatic heterocycles. The number of hydrogen-bond donors (Lipinski definition) is 1. The van der Waals surface area contributed by atoms with Crippen LogP contribution in [0.25, 0.3) is 22.3 Å². The highest BCUT2D eigenvalue weighted by Crippen LogP contribution is 2.39. The quantitative estimate of drug-likeness (QED) is 0.563. The third-order valence-electron chi connectivity index (χ3n) is 5.28. The summed E-state index contributed by atoms with van der Waals surface area (Å²) >= 11 is 0. The first-order chi connectivity index (χ1) is 15.8. The molecule has 0 unspecified atom stereocenters. The molecule has 1 aliphatic rings. The molecule has 3 aromatic rings. The van der Waals surface area contributed by atoms with Crippen LogP contribution >= 0.6 is 0 Å². The van der Waals surface area contributed by atoms with Crippen LogP contribution in [-0.2, 0) is 18.0 Å². The Morgan fingerprint density at radius 1 is 1.30 bits per heavy atom. The minimum Gasteiger partial charge on any atom is -0.493 e. The van der Waals surface area contributed by atoms with Crippen molar-refractivity contribution in [2.24, 2.45) is 7.05 Å². The summed E-state index contributed by atoms with van der Waals surface area (Å²) < 4.78 is 48.2. The minimum atomic E-state index is -4.65. The number of aromatic nitrogens is 4. The Bertz CT molecular complexity index is 1230. The van der Waals surface area contributed by atoms with Crippen LogP contribution in [0, 0.1) is 11.3 Å². The standard InChI is InChI=1S/C21H20F3N7O2/c1-30-17-10-15(27-16(11-25)20(17)28-29-30)13-3-4-18(14(9-13)21(22,23)24)33-8-2-6-31-7-5-26-19(32)12-31/h3-4,9-10H,2,5-8,12H2,1H3,(H,26,32). The molecule has 33 heavy (non-hydrogen) atoms. The average molecular weight is 459 g/mol. The van der Waals surface area contributed by atoms with Gasteiger partial charge in [-0.2, -0.15) is 18.4 Å². The number of benzene rings is 1. The molecule has 1 fully saturated rings. The number of fused-ring (bicyclic) bond motifs is 1. The molecule has 0 atom stereocenters. The van der Waals surface area contributed by atoms with Crippen molar-refractivity contribution >= 4 is 16.9 Å². The molecule has 1 amide bonds. The second kappa shape index (κ2) is 9.03. The third kappa shape index (κ3) is 4.88. The summed E-state index contributed by atoms with van der Waals surface area (Å²) in [6, 6.07) is 7.14. The largest absolute Gasteiger partial charge is 0.493 e. The zero-order valence-electron chi connectivity index (χ0n) is 17.7. The van der Waals surface area contributed by atoms with Crippen molar-refractivity contribution in [2.45, 2.75) is 12.6 Å². The molecule has 172 valence electrons. The van der Waals surface area contributed by atoms with Crippen LogP contribution in [0.1, 0.15) is 17.7 Å². The Hall–Kier alpha value is -3.72. The van der Waals surface area contributed by atoms with Gasteiger partial charge in [0.25, 0.3) is 0 Å². The van der Waals surface area contributed by atoms with Crippen molar-refractivity contribution in [1.82, 2.24) is 30.2 Å². The van der Waals surface area contributed by atoms with E-state index in [2.05, 4.69) is 20.6 Å². The molecule has 1 saturated heterocycles. The van der Waals surface area contributed by atoms with Crippen molar-refractivity contribution in [3.8, 4) is 23.1 Å². The zero-order valence-corrected chi connectivity index (χ0v) is 17.7. The van der Waals surface area contributed by atoms with Crippen LogP contribution in [0.5, 0.6) is 5.75 Å². The van der Waals surface area contributed by atoms with Crippen molar-refractivity contribution in [2.75, 3.05) is 32.8 Å². The third-order valence-corrected chi connectivity index (χ3v) is 5.28. The summed E-state index contributed by atoms with van der Waals surface area (Å²) in [5.74, 6) is -0.350. The number of ether oxygens (including phenoxy) is 1. The Balaban J connectivity index is 1.55. The van der Waals surface area contributed by atoms with Crippen LogP contribution in [0.2, 0.25) is 0 Å². The van der Waals surface area contributed by atoms with Crippen molar-refractivity contribution in [3.05, 3.63) is 35.5 Å². The molecule has 1 aliphatic heterocycles. The van der Waals surface area contributed by atoms with Gasteiger partial charge >= 0.3 is 6.18 Å². The smallest absolute Gasteiger partial charge is 0.419 e. The first kappa shape index (κ1) is 22.5. The molecular weight excluding hydrogens is 439 g/mol. The topological polar surface area (TPSA) is 109 Å². The lowest BCUT2D eigenvalue weighted by atomic mass is 10.1. The number of nitriles is 1. The molecule has 0 bridgehead atoms. The van der Waals surface area contributed by atoms with Gasteiger partial charge in [0.05, 0.1) is 29.9 Å². The second-order valence-corrected chi connectivity index (χ2v) is 7.59. The number of hydrogen-bond acceptors (Lipinski definition) is 7. The van der Waals surface area contributed by atoms with Gasteiger partial charge in [0.2, 0.25) is 5.91 Å². The SMILES string of the molecule is Cn1nnc2c(C#N)nc(-c3ccc(OCCCN4CCNC(=O)C4)c(C(F)(F)F)c3)cc21. The normalized spacial score (nSPS) is 14.8. The lowest BCUT2D eigenvalue weighted by molar-refractivity contribution is -0.139. The maximum atomic E-state index is 13.8. The molecule has 12 heteroatoms. The van der Waals surface area contributed by atoms with Crippen LogP contribution in [0.4, 0.5) is 13.2 Å². The van der Waals surface area contributed by atoms with E-state index in [-0.39, 0.29) is 47.3 Å². The monoisotopic (exact) mass is 459 g/mol. The van der Waals surface area contributed by atoms with E-state index in [1.165, 1.54) is 16.8 Å². The van der Waals surface area contributed by atoms with E-state index in [1.54, 1.807) is 13.1 Å². The Kier molecular flexibility index (Phi) is 6.15. The molecule has 0 radical (unpaired) electrons. The lowest BCUT2D eigenvalue weighted by Crippen LogP contribution is -2.47. The number of alkyl halides is 3. The Morgan fingerprint density at radius 2 is 2.12 bits per heavy atom. The van der Waals surface area contributed by atoms with Crippen LogP contribution in [0.15, 0.2) is 24.3 Å². The zero-order chi connectivity index (χ0) is 23.6. The molecule has 4 rings (SSSR count). The summed E-state index contributed by atoms with van der Waals surface area (Å²) in [5.41, 5.74) is 0.206. The van der Waals surface area contributed by atoms with Gasteiger partial charge in [0.15, 0.2) is 5.69 Å². The van der Waals surface area contributed by atoms with Crippen LogP contribution in [-0.4, -0.2) is 63.6 Å². The Morgan fingerprint density at radius 3 is 2.85 bits per heavy atom. The van der Waals surface area contributed by atoms with E-state index in [0.29, 0.717) is 31.6 Å². The summed E-state index contributed by atoms with van der Waals surface area (Å²) in [6.45, 7) is 2.15. The van der Waals surface area contributed by atoms with E-state index in [4.69, 9.17) is 4.74 Å². The first-order valence-corrected chi connectivity index (χ1v) is 10.2. The van der Waals surface area contributed by atoms with E-state index in [9.17, 15) is 23.2 Å². The number of pyridine rings is 1. The van der Waals surface area contributed by atoms with Gasteiger partial charge in [0, 0.05) is 32.2 Å². The van der Waals surface area contributed by atoms with Crippen molar-refractivity contribution < 1.29 is 22.7 Å². The maximum Gasteiger partial charge on any atom is 0.419 e. The molecule has 1 N–H and O–H groups in total. The molecule has 9 nitrogen and oxygen atoms in total. The number of piperazine rings is 1. The van der Waals surface area contributed by atoms with Gasteiger partial charge in [-0.25, -0.2) is 9.67 Å². The van der Waals surface area contributed by atoms with Gasteiger partial charge < -0.3 is 10.1 Å². The van der Waals surface area contributed by atoms with E-state index in [1.807, 2.05) is 11.0 Å². The summed E-state index contributed by atoms with van der Waals surface area (Å²) in [6.07, 6.45) is -4.17. The van der Waals surface area contributed by atoms with Crippen molar-refractivity contribution in [1.29, 1.82) is 5.26 Å². The maximum absolute atomic E-state index is 13.8. The second-order valence-electron chi connectivity index (χ2n) is 7.59. The van der Waals surface area contributed by atoms with Gasteiger partial charge in [0.1, 0.15) is 17.3 Å². The molecule has 3 heterocycles. The fraction of sp³-hybridized carbons (Fsp3) is 0.381. The average Bonchev–Trinajstić information content (AvgIpc) is 3.16. The predicted octanol–water partition coefficient (Wildman–Crippen LogP) is 2.12. The number of halogens is 3. The highest BCUT2D eigenvalue weighted by atomic mass is 19.4. The molecule has 0 aliphatic carbocycles. The van der Waals surface area contributed by atoms with Gasteiger partial charge in [-0.1, -0.05) is 5.21 Å². The number of carbonyl (C=O) groups is 1. The van der Waals surface area contributed by atoms with Crippen molar-refractivity contribution in [3.63, 3.8) is 0 Å². The summed E-state index contributed by atoms with van der Waals surface area (Å²) in [7, 11) is 1.62. The lowest BCUT2D eigenvalue weighted by Gasteiger charge is -2.26. The Labute approximate surface area is 186 Å². The number of nitrogens with one attached hydrogen (secondary N) is 1. The van der Waals surface area contributed by atoms with E-state index in [0.717, 1.165) is 6.07 Å². The van der Waals surface area contributed by atoms with Crippen LogP contribution in [0.3, 0.4) is 0 Å². The number of nitrogens with zero attached hydrogens (tertiary/aromatic N) is 6. The molecular formula is C21H20F3N7O2. The number of rotatable bonds is 6. The van der Waals surface area contributed by atoms with Gasteiger partial charge in [-0.05, 0) is 30.7 Å². The van der Waals surface area contributed by atoms with Gasteiger partial charge in [-0.15, -0.1) is 5.10 Å². The molecule has 0 saturated carbocycles.